The second-order valence-corrected chi connectivity index (χ2v) is 17.2. The molecule has 13 heteroatoms. The number of rotatable bonds is 7. The lowest BCUT2D eigenvalue weighted by atomic mass is 9.77. The van der Waals surface area contributed by atoms with Gasteiger partial charge in [-0.2, -0.15) is 0 Å². The van der Waals surface area contributed by atoms with Gasteiger partial charge in [-0.25, -0.2) is 0 Å². The molecule has 17 atom stereocenters. The van der Waals surface area contributed by atoms with E-state index < -0.39 is 83.7 Å². The number of aliphatic hydroxyl groups is 4. The molecule has 300 valence electrons. The molecule has 0 bridgehead atoms. The van der Waals surface area contributed by atoms with Crippen molar-refractivity contribution in [3.8, 4) is 0 Å². The van der Waals surface area contributed by atoms with Crippen molar-refractivity contribution >= 4 is 5.97 Å². The molecular formula is C38H72N2O11. The standard InChI is InChI=1S/C38H72N2O11/c1-15-28-38(10,45)32(42)26(7)40(13)20-21(2)17-37(9,44)33(51-35-30(41)27(39(11)12)16-22(3)48-35)24(5)31(25(6)34(43)49-28)50-29-19-36(8,46-14)18-23(4)47-29/h21-33,35,41-42,44-45H,15-20H2,1-14H3/t21-,22-,23+,24+,25-,26-,27+,28-,29+,30-,31+,32-,33-,35+,36+,37-,38-/m1/s1. The van der Waals surface area contributed by atoms with Crippen molar-refractivity contribution in [3.63, 3.8) is 0 Å². The molecule has 0 radical (unpaired) electrons. The molecule has 0 spiro atoms. The second-order valence-electron chi connectivity index (χ2n) is 17.2. The highest BCUT2D eigenvalue weighted by Gasteiger charge is 2.51. The molecule has 0 saturated carbocycles. The van der Waals surface area contributed by atoms with Crippen LogP contribution in [0.4, 0.5) is 0 Å². The molecule has 3 fully saturated rings. The van der Waals surface area contributed by atoms with E-state index in [1.807, 2.05) is 72.5 Å². The van der Waals surface area contributed by atoms with Gasteiger partial charge in [0.05, 0.1) is 41.5 Å². The third-order valence-corrected chi connectivity index (χ3v) is 11.9. The summed E-state index contributed by atoms with van der Waals surface area (Å²) in [5, 5.41) is 47.2. The third-order valence-electron chi connectivity index (χ3n) is 11.9. The maximum Gasteiger partial charge on any atom is 0.311 e. The quantitative estimate of drug-likeness (QED) is 0.284. The van der Waals surface area contributed by atoms with Gasteiger partial charge in [-0.15, -0.1) is 0 Å². The first kappa shape index (κ1) is 44.4. The average Bonchev–Trinajstić information content (AvgIpc) is 3.03. The molecule has 13 nitrogen and oxygen atoms in total. The molecular weight excluding hydrogens is 660 g/mol. The Morgan fingerprint density at radius 3 is 2.14 bits per heavy atom. The fraction of sp³-hybridized carbons (Fsp3) is 0.974. The Balaban J connectivity index is 2.16. The molecule has 0 aliphatic carbocycles. The van der Waals surface area contributed by atoms with Crippen LogP contribution in [0.25, 0.3) is 0 Å². The summed E-state index contributed by atoms with van der Waals surface area (Å²) in [4.78, 5) is 18.1. The van der Waals surface area contributed by atoms with Gasteiger partial charge in [0.2, 0.25) is 0 Å². The van der Waals surface area contributed by atoms with Crippen molar-refractivity contribution in [3.05, 3.63) is 0 Å². The largest absolute Gasteiger partial charge is 0.459 e. The smallest absolute Gasteiger partial charge is 0.311 e. The van der Waals surface area contributed by atoms with E-state index in [1.54, 1.807) is 27.9 Å². The Hall–Kier alpha value is -0.970. The zero-order valence-electron chi connectivity index (χ0n) is 33.9. The van der Waals surface area contributed by atoms with Gasteiger partial charge in [0.15, 0.2) is 12.6 Å². The third kappa shape index (κ3) is 10.6. The molecule has 4 N–H and O–H groups in total. The highest BCUT2D eigenvalue weighted by atomic mass is 16.7. The van der Waals surface area contributed by atoms with Gasteiger partial charge < -0.3 is 58.6 Å². The van der Waals surface area contributed by atoms with Crippen molar-refractivity contribution in [1.29, 1.82) is 0 Å². The van der Waals surface area contributed by atoms with E-state index in [0.29, 0.717) is 25.8 Å². The van der Waals surface area contributed by atoms with E-state index >= 15 is 0 Å². The number of carbonyl (C=O) groups is 1. The normalized spacial score (nSPS) is 48.9. The monoisotopic (exact) mass is 733 g/mol. The number of cyclic esters (lactones) is 1. The Kier molecular flexibility index (Phi) is 15.4. The van der Waals surface area contributed by atoms with E-state index in [0.717, 1.165) is 0 Å². The van der Waals surface area contributed by atoms with Crippen molar-refractivity contribution < 1.29 is 53.6 Å². The van der Waals surface area contributed by atoms with Gasteiger partial charge in [-0.05, 0) is 94.8 Å². The zero-order chi connectivity index (χ0) is 38.8. The predicted molar refractivity (Wildman–Crippen MR) is 193 cm³/mol. The van der Waals surface area contributed by atoms with E-state index in [1.165, 1.54) is 6.92 Å². The number of hydrogen-bond acceptors (Lipinski definition) is 13. The highest BCUT2D eigenvalue weighted by molar-refractivity contribution is 5.73. The minimum Gasteiger partial charge on any atom is -0.459 e. The van der Waals surface area contributed by atoms with Crippen LogP contribution in [0, 0.1) is 17.8 Å². The van der Waals surface area contributed by atoms with Crippen LogP contribution in [-0.2, 0) is 33.2 Å². The second kappa shape index (κ2) is 17.7. The minimum absolute atomic E-state index is 0.111. The highest BCUT2D eigenvalue weighted by Crippen LogP contribution is 2.40. The summed E-state index contributed by atoms with van der Waals surface area (Å²) in [5.41, 5.74) is -3.81. The van der Waals surface area contributed by atoms with Crippen molar-refractivity contribution in [2.24, 2.45) is 17.8 Å². The summed E-state index contributed by atoms with van der Waals surface area (Å²) >= 11 is 0. The van der Waals surface area contributed by atoms with Crippen LogP contribution in [0.1, 0.15) is 101 Å². The van der Waals surface area contributed by atoms with Crippen molar-refractivity contribution in [1.82, 2.24) is 9.80 Å². The zero-order valence-corrected chi connectivity index (χ0v) is 33.9. The summed E-state index contributed by atoms with van der Waals surface area (Å²) in [6.45, 7) is 18.8. The van der Waals surface area contributed by atoms with Crippen LogP contribution in [0.2, 0.25) is 0 Å². The molecule has 3 heterocycles. The number of esters is 1. The molecule has 0 unspecified atom stereocenters. The van der Waals surface area contributed by atoms with Crippen LogP contribution in [-0.4, -0.2) is 155 Å². The Labute approximate surface area is 307 Å². The number of carbonyl (C=O) groups excluding carboxylic acids is 1. The van der Waals surface area contributed by atoms with Gasteiger partial charge in [-0.3, -0.25) is 4.79 Å². The van der Waals surface area contributed by atoms with Gasteiger partial charge in [0.25, 0.3) is 0 Å². The fourth-order valence-corrected chi connectivity index (χ4v) is 8.79. The Bertz CT molecular complexity index is 1110. The van der Waals surface area contributed by atoms with E-state index in [9.17, 15) is 25.2 Å². The lowest BCUT2D eigenvalue weighted by Gasteiger charge is -2.48. The molecule has 0 aromatic rings. The van der Waals surface area contributed by atoms with E-state index in [2.05, 4.69) is 0 Å². The molecule has 3 aliphatic heterocycles. The van der Waals surface area contributed by atoms with Gasteiger partial charge in [0.1, 0.15) is 23.9 Å². The molecule has 0 amide bonds. The summed E-state index contributed by atoms with van der Waals surface area (Å²) in [5.74, 6) is -2.36. The van der Waals surface area contributed by atoms with Crippen LogP contribution in [0.5, 0.6) is 0 Å². The van der Waals surface area contributed by atoms with Crippen LogP contribution < -0.4 is 0 Å². The van der Waals surface area contributed by atoms with Crippen LogP contribution >= 0.6 is 0 Å². The SMILES string of the molecule is CC[C@H]1OC(=O)[C@H](C)[C@@H](O[C@H]2C[C@@](C)(OC)C[C@H](C)O2)[C@H](C)[C@@H](O[C@@H]2O[C@H](C)C[C@H](N(C)C)[C@H]2O)[C@](C)(O)C[C@@H](C)CN(C)[C@H](C)[C@@H](O)[C@]1(C)O. The molecule has 0 aromatic heterocycles. The lowest BCUT2D eigenvalue weighted by Crippen LogP contribution is -2.59. The van der Waals surface area contributed by atoms with Crippen molar-refractivity contribution in [2.75, 3.05) is 34.8 Å². The Morgan fingerprint density at radius 2 is 1.57 bits per heavy atom. The van der Waals surface area contributed by atoms with Crippen LogP contribution in [0.15, 0.2) is 0 Å². The predicted octanol–water partition coefficient (Wildman–Crippen LogP) is 2.93. The molecule has 51 heavy (non-hydrogen) atoms. The van der Waals surface area contributed by atoms with Gasteiger partial charge >= 0.3 is 5.97 Å². The first-order valence-corrected chi connectivity index (χ1v) is 19.0. The summed E-state index contributed by atoms with van der Waals surface area (Å²) in [7, 11) is 7.32. The van der Waals surface area contributed by atoms with Gasteiger partial charge in [-0.1, -0.05) is 20.8 Å². The summed E-state index contributed by atoms with van der Waals surface area (Å²) in [6.07, 6.45) is -5.28. The van der Waals surface area contributed by atoms with Crippen LogP contribution in [0.3, 0.4) is 0 Å². The number of hydrogen-bond donors (Lipinski definition) is 4. The number of likely N-dealkylation sites (N-methyl/N-ethyl adjacent to an activating group) is 2. The minimum atomic E-state index is -1.77. The Morgan fingerprint density at radius 1 is 0.941 bits per heavy atom. The molecule has 0 aromatic carbocycles. The molecule has 3 aliphatic rings. The summed E-state index contributed by atoms with van der Waals surface area (Å²) < 4.78 is 37.9. The van der Waals surface area contributed by atoms with Gasteiger partial charge in [0, 0.05) is 44.5 Å². The lowest BCUT2D eigenvalue weighted by molar-refractivity contribution is -0.310. The van der Waals surface area contributed by atoms with E-state index in [-0.39, 0.29) is 37.0 Å². The maximum atomic E-state index is 14.2. The molecule has 3 rings (SSSR count). The number of methoxy groups -OCH3 is 1. The number of ether oxygens (including phenoxy) is 6. The van der Waals surface area contributed by atoms with Crippen molar-refractivity contribution in [2.45, 2.75) is 186 Å². The fourth-order valence-electron chi connectivity index (χ4n) is 8.79. The number of nitrogens with zero attached hydrogens (tertiary/aromatic N) is 2. The van der Waals surface area contributed by atoms with E-state index in [4.69, 9.17) is 28.4 Å². The average molecular weight is 733 g/mol. The summed E-state index contributed by atoms with van der Waals surface area (Å²) in [6, 6.07) is -0.758. The maximum absolute atomic E-state index is 14.2. The number of aliphatic hydroxyl groups excluding tert-OH is 2. The first-order chi connectivity index (χ1) is 23.5. The molecule has 3 saturated heterocycles. The first-order valence-electron chi connectivity index (χ1n) is 19.0. The topological polar surface area (TPSA) is 160 Å².